The molecule has 6 rings (SSSR count). The summed E-state index contributed by atoms with van der Waals surface area (Å²) in [6.45, 7) is 3.87. The van der Waals surface area contributed by atoms with E-state index in [-0.39, 0.29) is 5.69 Å². The van der Waals surface area contributed by atoms with Crippen molar-refractivity contribution in [1.82, 2.24) is 19.3 Å². The van der Waals surface area contributed by atoms with Gasteiger partial charge in [-0.1, -0.05) is 18.2 Å². The molecule has 2 aromatic carbocycles. The third-order valence-corrected chi connectivity index (χ3v) is 7.17. The van der Waals surface area contributed by atoms with Crippen LogP contribution in [0.2, 0.25) is 0 Å². The fourth-order valence-corrected chi connectivity index (χ4v) is 5.05. The lowest BCUT2D eigenvalue weighted by molar-refractivity contribution is 0.102. The van der Waals surface area contributed by atoms with Crippen molar-refractivity contribution < 1.29 is 9.18 Å². The van der Waals surface area contributed by atoms with Gasteiger partial charge in [0.15, 0.2) is 5.82 Å². The number of nitrogens with zero attached hydrogens (tertiary/aromatic N) is 4. The smallest absolute Gasteiger partial charge is 0.276 e. The largest absolute Gasteiger partial charge is 0.397 e. The maximum Gasteiger partial charge on any atom is 0.276 e. The summed E-state index contributed by atoms with van der Waals surface area (Å²) in [6.07, 6.45) is 1.60. The Bertz CT molecular complexity index is 1900. The van der Waals surface area contributed by atoms with Gasteiger partial charge < -0.3 is 16.4 Å². The normalized spacial score (nSPS) is 11.2. The van der Waals surface area contributed by atoms with E-state index in [1.54, 1.807) is 18.3 Å². The van der Waals surface area contributed by atoms with Crippen molar-refractivity contribution in [2.75, 3.05) is 16.4 Å². The molecule has 0 spiro atoms. The number of benzene rings is 2. The predicted molar refractivity (Wildman–Crippen MR) is 154 cm³/mol. The monoisotopic (exact) mass is 535 g/mol. The summed E-state index contributed by atoms with van der Waals surface area (Å²) in [7, 11) is 0. The number of nitrogens with one attached hydrogen (secondary N) is 2. The molecule has 0 aliphatic heterocycles. The minimum Gasteiger partial charge on any atom is -0.397 e. The summed E-state index contributed by atoms with van der Waals surface area (Å²) >= 11 is 1.14. The van der Waals surface area contributed by atoms with Crippen LogP contribution in [0.4, 0.5) is 27.3 Å². The minimum atomic E-state index is -0.479. The average Bonchev–Trinajstić information content (AvgIpc) is 3.34. The van der Waals surface area contributed by atoms with Gasteiger partial charge in [-0.3, -0.25) is 9.78 Å². The van der Waals surface area contributed by atoms with Gasteiger partial charge in [0.2, 0.25) is 0 Å². The third kappa shape index (κ3) is 4.73. The Balaban J connectivity index is 1.46. The quantitative estimate of drug-likeness (QED) is 0.227. The number of aryl methyl sites for hydroxylation is 2. The number of hydrogen-bond acceptors (Lipinski definition) is 8. The molecule has 0 saturated carbocycles. The van der Waals surface area contributed by atoms with Crippen molar-refractivity contribution in [2.45, 2.75) is 13.8 Å². The van der Waals surface area contributed by atoms with Crippen LogP contribution < -0.4 is 16.4 Å². The van der Waals surface area contributed by atoms with Gasteiger partial charge in [-0.15, -0.1) is 0 Å². The first-order valence-electron chi connectivity index (χ1n) is 12.1. The van der Waals surface area contributed by atoms with Gasteiger partial charge in [-0.2, -0.15) is 4.37 Å². The number of amides is 1. The standard InChI is InChI=1S/C29H22FN7OS/c1-15-5-3-4-6-21(15)34-28-25(36-29(38)27-20-11-17(30)7-10-26(20)39-37-27)13-24-23(35-28)9-8-22(33-24)19-12-18(31)14-32-16(19)2/h3-14H,31H2,1-2H3,(H,34,35)(H,36,38). The zero-order valence-corrected chi connectivity index (χ0v) is 21.8. The summed E-state index contributed by atoms with van der Waals surface area (Å²) in [4.78, 5) is 27.3. The van der Waals surface area contributed by atoms with Gasteiger partial charge in [0.25, 0.3) is 5.91 Å². The van der Waals surface area contributed by atoms with E-state index >= 15 is 0 Å². The molecule has 0 unspecified atom stereocenters. The molecule has 0 saturated heterocycles. The molecule has 4 N–H and O–H groups in total. The van der Waals surface area contributed by atoms with E-state index in [2.05, 4.69) is 20.0 Å². The summed E-state index contributed by atoms with van der Waals surface area (Å²) < 4.78 is 18.9. The van der Waals surface area contributed by atoms with E-state index in [4.69, 9.17) is 15.7 Å². The van der Waals surface area contributed by atoms with Gasteiger partial charge in [0, 0.05) is 22.3 Å². The van der Waals surface area contributed by atoms with E-state index in [1.807, 2.05) is 56.3 Å². The first kappa shape index (κ1) is 24.4. The highest BCUT2D eigenvalue weighted by molar-refractivity contribution is 7.13. The van der Waals surface area contributed by atoms with Gasteiger partial charge in [0.1, 0.15) is 11.5 Å². The lowest BCUT2D eigenvalue weighted by atomic mass is 10.1. The molecule has 192 valence electrons. The third-order valence-electron chi connectivity index (χ3n) is 6.35. The topological polar surface area (TPSA) is 119 Å². The first-order valence-corrected chi connectivity index (χ1v) is 12.9. The van der Waals surface area contributed by atoms with Gasteiger partial charge in [-0.25, -0.2) is 14.4 Å². The number of nitrogens with two attached hydrogens (primary N) is 1. The van der Waals surface area contributed by atoms with Crippen molar-refractivity contribution in [2.24, 2.45) is 0 Å². The second-order valence-corrected chi connectivity index (χ2v) is 9.89. The van der Waals surface area contributed by atoms with Crippen LogP contribution in [0.25, 0.3) is 32.4 Å². The van der Waals surface area contributed by atoms with Crippen LogP contribution in [0.1, 0.15) is 21.7 Å². The van der Waals surface area contributed by atoms with E-state index in [9.17, 15) is 9.18 Å². The number of fused-ring (bicyclic) bond motifs is 2. The molecule has 0 aliphatic rings. The summed E-state index contributed by atoms with van der Waals surface area (Å²) in [6, 6.07) is 19.4. The van der Waals surface area contributed by atoms with Crippen LogP contribution in [-0.2, 0) is 0 Å². The molecule has 4 aromatic heterocycles. The van der Waals surface area contributed by atoms with Crippen LogP contribution in [0.3, 0.4) is 0 Å². The zero-order chi connectivity index (χ0) is 27.1. The molecule has 6 aromatic rings. The molecule has 0 aliphatic carbocycles. The van der Waals surface area contributed by atoms with Crippen molar-refractivity contribution in [3.63, 3.8) is 0 Å². The number of pyridine rings is 3. The summed E-state index contributed by atoms with van der Waals surface area (Å²) in [5, 5.41) is 6.71. The van der Waals surface area contributed by atoms with Gasteiger partial charge in [0.05, 0.1) is 39.0 Å². The number of carbonyl (C=O) groups is 1. The van der Waals surface area contributed by atoms with Gasteiger partial charge >= 0.3 is 0 Å². The highest BCUT2D eigenvalue weighted by atomic mass is 32.1. The van der Waals surface area contributed by atoms with Crippen molar-refractivity contribution in [3.8, 4) is 11.3 Å². The number of halogens is 1. The van der Waals surface area contributed by atoms with Crippen molar-refractivity contribution in [1.29, 1.82) is 0 Å². The molecule has 4 heterocycles. The molecule has 0 bridgehead atoms. The molecular weight excluding hydrogens is 513 g/mol. The van der Waals surface area contributed by atoms with Crippen LogP contribution >= 0.6 is 11.5 Å². The molecule has 0 radical (unpaired) electrons. The average molecular weight is 536 g/mol. The van der Waals surface area contributed by atoms with Crippen LogP contribution in [-0.4, -0.2) is 25.2 Å². The SMILES string of the molecule is Cc1ccccc1Nc1nc2ccc(-c3cc(N)cnc3C)nc2cc1NC(=O)c1nsc2ccc(F)cc12. The Hall–Kier alpha value is -4.96. The van der Waals surface area contributed by atoms with Crippen LogP contribution in [0, 0.1) is 19.7 Å². The van der Waals surface area contributed by atoms with E-state index in [0.29, 0.717) is 44.0 Å². The number of rotatable bonds is 5. The zero-order valence-electron chi connectivity index (χ0n) is 21.0. The Kier molecular flexibility index (Phi) is 6.08. The number of hydrogen-bond donors (Lipinski definition) is 3. The second kappa shape index (κ2) is 9.73. The number of para-hydroxylation sites is 1. The summed E-state index contributed by atoms with van der Waals surface area (Å²) in [5.74, 6) is -0.478. The van der Waals surface area contributed by atoms with E-state index < -0.39 is 11.7 Å². The van der Waals surface area contributed by atoms with Crippen molar-refractivity contribution >= 4 is 61.4 Å². The first-order chi connectivity index (χ1) is 18.9. The summed E-state index contributed by atoms with van der Waals surface area (Å²) in [5.41, 5.74) is 12.4. The lowest BCUT2D eigenvalue weighted by Crippen LogP contribution is -2.14. The fraction of sp³-hybridized carbons (Fsp3) is 0.0690. The van der Waals surface area contributed by atoms with Crippen LogP contribution in [0.5, 0.6) is 0 Å². The van der Waals surface area contributed by atoms with E-state index in [1.165, 1.54) is 12.1 Å². The Morgan fingerprint density at radius 2 is 1.79 bits per heavy atom. The number of carbonyl (C=O) groups excluding carboxylic acids is 1. The maximum absolute atomic E-state index is 13.9. The Labute approximate surface area is 226 Å². The molecular formula is C29H22FN7OS. The molecule has 8 nitrogen and oxygen atoms in total. The molecule has 0 fully saturated rings. The molecule has 0 atom stereocenters. The number of nitrogen functional groups attached to an aromatic ring is 1. The number of anilines is 4. The van der Waals surface area contributed by atoms with Gasteiger partial charge in [-0.05, 0) is 79.5 Å². The second-order valence-electron chi connectivity index (χ2n) is 9.09. The van der Waals surface area contributed by atoms with E-state index in [0.717, 1.165) is 34.0 Å². The highest BCUT2D eigenvalue weighted by Crippen LogP contribution is 2.32. The number of aromatic nitrogens is 4. The minimum absolute atomic E-state index is 0.139. The highest BCUT2D eigenvalue weighted by Gasteiger charge is 2.19. The molecule has 10 heteroatoms. The fourth-order valence-electron chi connectivity index (χ4n) is 4.30. The maximum atomic E-state index is 13.9. The Morgan fingerprint density at radius 3 is 2.64 bits per heavy atom. The van der Waals surface area contributed by atoms with Crippen molar-refractivity contribution in [3.05, 3.63) is 95.7 Å². The predicted octanol–water partition coefficient (Wildman–Crippen LogP) is 6.64. The lowest BCUT2D eigenvalue weighted by Gasteiger charge is -2.15. The molecule has 1 amide bonds. The Morgan fingerprint density at radius 1 is 0.949 bits per heavy atom. The van der Waals surface area contributed by atoms with Crippen LogP contribution in [0.15, 0.2) is 72.9 Å². The molecule has 39 heavy (non-hydrogen) atoms.